The summed E-state index contributed by atoms with van der Waals surface area (Å²) in [5.41, 5.74) is -2.26. The summed E-state index contributed by atoms with van der Waals surface area (Å²) in [5, 5.41) is 23.3. The van der Waals surface area contributed by atoms with E-state index in [9.17, 15) is 14.7 Å². The molecule has 1 aliphatic rings. The van der Waals surface area contributed by atoms with Crippen LogP contribution in [0.2, 0.25) is 5.02 Å². The molecule has 2 amide bonds. The Morgan fingerprint density at radius 3 is 2.75 bits per heavy atom. The number of carboxylic acids is 1. The van der Waals surface area contributed by atoms with E-state index in [0.29, 0.717) is 0 Å². The molecule has 0 aliphatic carbocycles. The second-order valence-corrected chi connectivity index (χ2v) is 3.72. The standard InChI is InChI=1S/C9H7ClN2O4/c10-4-1-2-6-5(3-4)9(16,7(13)14)12-8(15)11-6/h1-3,16H,(H,13,14)(H2,11,12,15). The molecule has 1 heterocycles. The highest BCUT2D eigenvalue weighted by Gasteiger charge is 2.45. The van der Waals surface area contributed by atoms with Crippen LogP contribution in [0.5, 0.6) is 0 Å². The molecular formula is C9H7ClN2O4. The molecule has 2 rings (SSSR count). The summed E-state index contributed by atoms with van der Waals surface area (Å²) in [4.78, 5) is 22.1. The van der Waals surface area contributed by atoms with Crippen molar-refractivity contribution in [1.29, 1.82) is 0 Å². The Hall–Kier alpha value is -1.79. The number of aliphatic hydroxyl groups is 1. The van der Waals surface area contributed by atoms with Crippen molar-refractivity contribution in [1.82, 2.24) is 5.32 Å². The highest BCUT2D eigenvalue weighted by molar-refractivity contribution is 6.30. The maximum atomic E-state index is 11.2. The van der Waals surface area contributed by atoms with Crippen molar-refractivity contribution in [3.05, 3.63) is 28.8 Å². The Bertz CT molecular complexity index is 490. The van der Waals surface area contributed by atoms with Crippen LogP contribution in [0.15, 0.2) is 18.2 Å². The second-order valence-electron chi connectivity index (χ2n) is 3.28. The van der Waals surface area contributed by atoms with Gasteiger partial charge in [-0.05, 0) is 18.2 Å². The number of aliphatic carboxylic acids is 1. The van der Waals surface area contributed by atoms with Crippen molar-refractivity contribution in [2.45, 2.75) is 5.72 Å². The van der Waals surface area contributed by atoms with Gasteiger partial charge in [-0.3, -0.25) is 5.32 Å². The molecule has 1 aromatic carbocycles. The molecule has 1 aromatic rings. The number of anilines is 1. The molecule has 0 saturated heterocycles. The molecule has 7 heteroatoms. The third kappa shape index (κ3) is 1.48. The smallest absolute Gasteiger partial charge is 0.362 e. The van der Waals surface area contributed by atoms with Crippen LogP contribution in [0.1, 0.15) is 5.56 Å². The van der Waals surface area contributed by atoms with Crippen LogP contribution in [0, 0.1) is 0 Å². The lowest BCUT2D eigenvalue weighted by Crippen LogP contribution is -2.56. The van der Waals surface area contributed by atoms with E-state index in [0.717, 1.165) is 0 Å². The number of fused-ring (bicyclic) bond motifs is 1. The van der Waals surface area contributed by atoms with Crippen LogP contribution in [0.3, 0.4) is 0 Å². The van der Waals surface area contributed by atoms with Crippen LogP contribution < -0.4 is 10.6 Å². The van der Waals surface area contributed by atoms with E-state index in [1.165, 1.54) is 18.2 Å². The van der Waals surface area contributed by atoms with E-state index < -0.39 is 17.7 Å². The highest BCUT2D eigenvalue weighted by Crippen LogP contribution is 2.32. The molecule has 0 aromatic heterocycles. The monoisotopic (exact) mass is 242 g/mol. The molecule has 1 unspecified atom stereocenters. The average Bonchev–Trinajstić information content (AvgIpc) is 2.19. The number of carbonyl (C=O) groups excluding carboxylic acids is 1. The molecule has 16 heavy (non-hydrogen) atoms. The van der Waals surface area contributed by atoms with Crippen molar-refractivity contribution < 1.29 is 19.8 Å². The first kappa shape index (κ1) is 10.7. The lowest BCUT2D eigenvalue weighted by molar-refractivity contribution is -0.162. The average molecular weight is 243 g/mol. The molecule has 6 nitrogen and oxygen atoms in total. The Morgan fingerprint density at radius 1 is 1.44 bits per heavy atom. The van der Waals surface area contributed by atoms with Crippen molar-refractivity contribution in [2.75, 3.05) is 5.32 Å². The Balaban J connectivity index is 2.64. The second kappa shape index (κ2) is 3.36. The zero-order chi connectivity index (χ0) is 11.9. The van der Waals surface area contributed by atoms with Crippen molar-refractivity contribution in [3.8, 4) is 0 Å². The predicted molar refractivity (Wildman–Crippen MR) is 55.1 cm³/mol. The van der Waals surface area contributed by atoms with Crippen molar-refractivity contribution >= 4 is 29.3 Å². The van der Waals surface area contributed by atoms with E-state index in [-0.39, 0.29) is 16.3 Å². The third-order valence-electron chi connectivity index (χ3n) is 2.22. The molecule has 4 N–H and O–H groups in total. The molecular weight excluding hydrogens is 236 g/mol. The van der Waals surface area contributed by atoms with Crippen molar-refractivity contribution in [3.63, 3.8) is 0 Å². The zero-order valence-corrected chi connectivity index (χ0v) is 8.58. The van der Waals surface area contributed by atoms with E-state index >= 15 is 0 Å². The molecule has 1 atom stereocenters. The summed E-state index contributed by atoms with van der Waals surface area (Å²) in [7, 11) is 0. The number of carboxylic acid groups (broad SMARTS) is 1. The maximum absolute atomic E-state index is 11.2. The minimum absolute atomic E-state index is 0.00731. The first-order valence-electron chi connectivity index (χ1n) is 4.28. The summed E-state index contributed by atoms with van der Waals surface area (Å²) in [5.74, 6) is -1.58. The number of amides is 2. The number of benzene rings is 1. The minimum Gasteiger partial charge on any atom is -0.477 e. The first-order valence-corrected chi connectivity index (χ1v) is 4.66. The fourth-order valence-corrected chi connectivity index (χ4v) is 1.65. The predicted octanol–water partition coefficient (Wildman–Crippen LogP) is 0.705. The summed E-state index contributed by atoms with van der Waals surface area (Å²) in [6, 6.07) is 3.38. The highest BCUT2D eigenvalue weighted by atomic mass is 35.5. The number of urea groups is 1. The normalized spacial score (nSPS) is 23.0. The summed E-state index contributed by atoms with van der Waals surface area (Å²) in [6.45, 7) is 0. The Kier molecular flexibility index (Phi) is 2.25. The van der Waals surface area contributed by atoms with Gasteiger partial charge in [0.2, 0.25) is 0 Å². The van der Waals surface area contributed by atoms with Crippen molar-refractivity contribution in [2.24, 2.45) is 0 Å². The third-order valence-corrected chi connectivity index (χ3v) is 2.46. The van der Waals surface area contributed by atoms with E-state index in [2.05, 4.69) is 5.32 Å². The van der Waals surface area contributed by atoms with Gasteiger partial charge in [-0.2, -0.15) is 0 Å². The van der Waals surface area contributed by atoms with E-state index in [1.807, 2.05) is 5.32 Å². The van der Waals surface area contributed by atoms with Crippen LogP contribution in [-0.2, 0) is 10.5 Å². The number of halogens is 1. The number of hydrogen-bond acceptors (Lipinski definition) is 3. The molecule has 0 saturated carbocycles. The molecule has 0 bridgehead atoms. The lowest BCUT2D eigenvalue weighted by atomic mass is 9.99. The summed E-state index contributed by atoms with van der Waals surface area (Å²) < 4.78 is 0. The fourth-order valence-electron chi connectivity index (χ4n) is 1.48. The topological polar surface area (TPSA) is 98.7 Å². The van der Waals surface area contributed by atoms with Gasteiger partial charge in [-0.25, -0.2) is 9.59 Å². The molecule has 84 valence electrons. The van der Waals surface area contributed by atoms with Crippen LogP contribution >= 0.6 is 11.6 Å². The lowest BCUT2D eigenvalue weighted by Gasteiger charge is -2.31. The first-order chi connectivity index (χ1) is 7.43. The summed E-state index contributed by atoms with van der Waals surface area (Å²) >= 11 is 5.70. The van der Waals surface area contributed by atoms with Gasteiger partial charge in [0.15, 0.2) is 0 Å². The number of hydrogen-bond donors (Lipinski definition) is 4. The Morgan fingerprint density at radius 2 is 2.12 bits per heavy atom. The number of carbonyl (C=O) groups is 2. The van der Waals surface area contributed by atoms with Gasteiger partial charge in [0, 0.05) is 10.6 Å². The zero-order valence-electron chi connectivity index (χ0n) is 7.82. The number of nitrogens with one attached hydrogen (secondary N) is 2. The SMILES string of the molecule is O=C1Nc2ccc(Cl)cc2C(O)(C(=O)O)N1. The molecule has 0 spiro atoms. The number of rotatable bonds is 1. The van der Waals surface area contributed by atoms with Gasteiger partial charge in [0.05, 0.1) is 5.69 Å². The van der Waals surface area contributed by atoms with Gasteiger partial charge < -0.3 is 15.5 Å². The van der Waals surface area contributed by atoms with Gasteiger partial charge in [0.1, 0.15) is 0 Å². The van der Waals surface area contributed by atoms with Gasteiger partial charge in [-0.15, -0.1) is 0 Å². The molecule has 1 aliphatic heterocycles. The van der Waals surface area contributed by atoms with Crippen LogP contribution in [0.25, 0.3) is 0 Å². The maximum Gasteiger partial charge on any atom is 0.362 e. The molecule has 0 fully saturated rings. The van der Waals surface area contributed by atoms with Crippen LogP contribution in [-0.4, -0.2) is 22.2 Å². The minimum atomic E-state index is -2.46. The van der Waals surface area contributed by atoms with E-state index in [1.54, 1.807) is 0 Å². The fraction of sp³-hybridized carbons (Fsp3) is 0.111. The Labute approximate surface area is 94.8 Å². The molecule has 0 radical (unpaired) electrons. The van der Waals surface area contributed by atoms with Gasteiger partial charge in [-0.1, -0.05) is 11.6 Å². The quantitative estimate of drug-likeness (QED) is 0.583. The largest absolute Gasteiger partial charge is 0.477 e. The van der Waals surface area contributed by atoms with Gasteiger partial charge in [0.25, 0.3) is 5.72 Å². The van der Waals surface area contributed by atoms with Gasteiger partial charge >= 0.3 is 12.0 Å². The van der Waals surface area contributed by atoms with Crippen LogP contribution in [0.4, 0.5) is 10.5 Å². The summed E-state index contributed by atoms with van der Waals surface area (Å²) in [6.07, 6.45) is 0. The van der Waals surface area contributed by atoms with E-state index in [4.69, 9.17) is 16.7 Å².